The minimum absolute atomic E-state index is 0.517. The van der Waals surface area contributed by atoms with Crippen LogP contribution < -0.4 is 9.47 Å². The maximum atomic E-state index is 9.04. The number of benzene rings is 1. The van der Waals surface area contributed by atoms with Gasteiger partial charge in [0.15, 0.2) is 11.5 Å². The maximum absolute atomic E-state index is 9.04. The number of fused-ring (bicyclic) bond motifs is 3. The first-order chi connectivity index (χ1) is 12.2. The Morgan fingerprint density at radius 1 is 1.28 bits per heavy atom. The average Bonchev–Trinajstić information content (AvgIpc) is 3.00. The zero-order valence-electron chi connectivity index (χ0n) is 14.1. The molecule has 126 valence electrons. The van der Waals surface area contributed by atoms with Gasteiger partial charge in [-0.25, -0.2) is 9.97 Å². The lowest BCUT2D eigenvalue weighted by atomic mass is 9.89. The summed E-state index contributed by atoms with van der Waals surface area (Å²) < 4.78 is 11.4. The molecule has 0 radical (unpaired) electrons. The van der Waals surface area contributed by atoms with Crippen molar-refractivity contribution in [2.75, 3.05) is 7.11 Å². The lowest BCUT2D eigenvalue weighted by molar-refractivity contribution is 0.375. The van der Waals surface area contributed by atoms with Gasteiger partial charge in [0.1, 0.15) is 11.2 Å². The topological polar surface area (TPSA) is 68.0 Å². The molecule has 6 heteroatoms. The zero-order chi connectivity index (χ0) is 17.4. The molecule has 1 aromatic carbocycles. The van der Waals surface area contributed by atoms with Gasteiger partial charge < -0.3 is 9.47 Å². The first kappa shape index (κ1) is 15.9. The van der Waals surface area contributed by atoms with Crippen LogP contribution in [-0.4, -0.2) is 17.1 Å². The highest BCUT2D eigenvalue weighted by Crippen LogP contribution is 2.42. The molecule has 0 aliphatic heterocycles. The summed E-state index contributed by atoms with van der Waals surface area (Å²) in [6.07, 6.45) is 4.84. The maximum Gasteiger partial charge on any atom is 0.231 e. The van der Waals surface area contributed by atoms with Crippen LogP contribution in [-0.2, 0) is 12.8 Å². The molecule has 0 amide bonds. The molecule has 25 heavy (non-hydrogen) atoms. The van der Waals surface area contributed by atoms with Crippen LogP contribution in [0.25, 0.3) is 10.2 Å². The van der Waals surface area contributed by atoms with E-state index in [1.165, 1.54) is 16.9 Å². The minimum atomic E-state index is 0.517. The summed E-state index contributed by atoms with van der Waals surface area (Å²) in [7, 11) is 1.56. The van der Waals surface area contributed by atoms with Gasteiger partial charge in [0.2, 0.25) is 5.88 Å². The Morgan fingerprint density at radius 3 is 2.96 bits per heavy atom. The number of nitriles is 1. The second-order valence-corrected chi connectivity index (χ2v) is 7.37. The molecule has 3 aromatic rings. The predicted molar refractivity (Wildman–Crippen MR) is 96.4 cm³/mol. The number of hydrogen-bond donors (Lipinski definition) is 0. The van der Waals surface area contributed by atoms with Crippen LogP contribution in [0.3, 0.4) is 0 Å². The highest BCUT2D eigenvalue weighted by atomic mass is 32.1. The van der Waals surface area contributed by atoms with E-state index in [0.717, 1.165) is 23.1 Å². The second-order valence-electron chi connectivity index (χ2n) is 6.29. The number of aromatic nitrogens is 2. The standard InChI is InChI=1S/C19H17N3O2S/c1-11-3-5-13-16(7-11)25-19-17(13)18(21-10-22-19)24-14-6-4-12(9-20)8-15(14)23-2/h4,6,8,10-11H,3,5,7H2,1-2H3/t11-/m1/s1. The first-order valence-corrected chi connectivity index (χ1v) is 9.02. The Labute approximate surface area is 149 Å². The molecule has 0 unspecified atom stereocenters. The van der Waals surface area contributed by atoms with Crippen molar-refractivity contribution < 1.29 is 9.47 Å². The van der Waals surface area contributed by atoms with Crippen LogP contribution in [0.15, 0.2) is 24.5 Å². The molecular formula is C19H17N3O2S. The summed E-state index contributed by atoms with van der Waals surface area (Å²) >= 11 is 1.74. The zero-order valence-corrected chi connectivity index (χ0v) is 14.9. The normalized spacial score (nSPS) is 16.3. The lowest BCUT2D eigenvalue weighted by Gasteiger charge is -2.18. The largest absolute Gasteiger partial charge is 0.493 e. The summed E-state index contributed by atoms with van der Waals surface area (Å²) in [5.41, 5.74) is 1.85. The van der Waals surface area contributed by atoms with Crippen molar-refractivity contribution in [2.45, 2.75) is 26.2 Å². The molecule has 0 N–H and O–H groups in total. The van der Waals surface area contributed by atoms with Crippen LogP contribution in [0.1, 0.15) is 29.3 Å². The SMILES string of the molecule is COc1cc(C#N)ccc1Oc1ncnc2sc3c(c12)CC[C@@H](C)C3. The number of nitrogens with zero attached hydrogens (tertiary/aromatic N) is 3. The van der Waals surface area contributed by atoms with Crippen LogP contribution in [0.5, 0.6) is 17.4 Å². The van der Waals surface area contributed by atoms with E-state index in [9.17, 15) is 0 Å². The quantitative estimate of drug-likeness (QED) is 0.695. The van der Waals surface area contributed by atoms with Crippen molar-refractivity contribution in [2.24, 2.45) is 5.92 Å². The number of thiophene rings is 1. The van der Waals surface area contributed by atoms with Gasteiger partial charge in [-0.2, -0.15) is 5.26 Å². The van der Waals surface area contributed by atoms with Gasteiger partial charge in [-0.3, -0.25) is 0 Å². The number of methoxy groups -OCH3 is 1. The highest BCUT2D eigenvalue weighted by Gasteiger charge is 2.24. The van der Waals surface area contributed by atoms with Crippen LogP contribution >= 0.6 is 11.3 Å². The Hall–Kier alpha value is -2.65. The third kappa shape index (κ3) is 2.81. The fraction of sp³-hybridized carbons (Fsp3) is 0.316. The monoisotopic (exact) mass is 351 g/mol. The number of aryl methyl sites for hydroxylation is 1. The van der Waals surface area contributed by atoms with Crippen molar-refractivity contribution in [1.82, 2.24) is 9.97 Å². The Balaban J connectivity index is 1.79. The summed E-state index contributed by atoms with van der Waals surface area (Å²) in [5, 5.41) is 10.1. The van der Waals surface area contributed by atoms with Crippen molar-refractivity contribution >= 4 is 21.6 Å². The summed E-state index contributed by atoms with van der Waals surface area (Å²) in [6.45, 7) is 2.29. The fourth-order valence-corrected chi connectivity index (χ4v) is 4.59. The lowest BCUT2D eigenvalue weighted by Crippen LogP contribution is -2.08. The molecule has 0 fully saturated rings. The molecule has 1 aliphatic carbocycles. The minimum Gasteiger partial charge on any atom is -0.493 e. The molecule has 0 saturated heterocycles. The van der Waals surface area contributed by atoms with Crippen LogP contribution in [0.2, 0.25) is 0 Å². The van der Waals surface area contributed by atoms with Gasteiger partial charge in [-0.05, 0) is 42.9 Å². The second kappa shape index (κ2) is 6.34. The van der Waals surface area contributed by atoms with E-state index in [-0.39, 0.29) is 0 Å². The van der Waals surface area contributed by atoms with E-state index in [1.54, 1.807) is 43.0 Å². The van der Waals surface area contributed by atoms with Gasteiger partial charge in [-0.15, -0.1) is 11.3 Å². The average molecular weight is 351 g/mol. The predicted octanol–water partition coefficient (Wildman–Crippen LogP) is 4.49. The molecule has 0 saturated carbocycles. The molecule has 2 aromatic heterocycles. The molecule has 1 aliphatic rings. The third-order valence-electron chi connectivity index (χ3n) is 4.56. The third-order valence-corrected chi connectivity index (χ3v) is 5.72. The number of rotatable bonds is 3. The molecule has 1 atom stereocenters. The van der Waals surface area contributed by atoms with Gasteiger partial charge in [-0.1, -0.05) is 6.92 Å². The van der Waals surface area contributed by atoms with E-state index in [2.05, 4.69) is 23.0 Å². The Bertz CT molecular complexity index is 990. The smallest absolute Gasteiger partial charge is 0.231 e. The molecule has 0 spiro atoms. The Morgan fingerprint density at radius 2 is 2.16 bits per heavy atom. The summed E-state index contributed by atoms with van der Waals surface area (Å²) in [4.78, 5) is 11.2. The van der Waals surface area contributed by atoms with Gasteiger partial charge in [0.25, 0.3) is 0 Å². The van der Waals surface area contributed by atoms with Gasteiger partial charge >= 0.3 is 0 Å². The van der Waals surface area contributed by atoms with Crippen molar-refractivity contribution in [3.05, 3.63) is 40.5 Å². The van der Waals surface area contributed by atoms with Crippen LogP contribution in [0, 0.1) is 17.2 Å². The fourth-order valence-electron chi connectivity index (χ4n) is 3.25. The number of ether oxygens (including phenoxy) is 2. The van der Waals surface area contributed by atoms with E-state index >= 15 is 0 Å². The van der Waals surface area contributed by atoms with E-state index in [0.29, 0.717) is 28.9 Å². The van der Waals surface area contributed by atoms with E-state index < -0.39 is 0 Å². The first-order valence-electron chi connectivity index (χ1n) is 8.21. The van der Waals surface area contributed by atoms with Crippen molar-refractivity contribution in [3.63, 3.8) is 0 Å². The molecular weight excluding hydrogens is 334 g/mol. The van der Waals surface area contributed by atoms with E-state index in [4.69, 9.17) is 14.7 Å². The number of hydrogen-bond acceptors (Lipinski definition) is 6. The molecule has 0 bridgehead atoms. The molecule has 4 rings (SSSR count). The summed E-state index contributed by atoms with van der Waals surface area (Å²) in [5.74, 6) is 2.32. The van der Waals surface area contributed by atoms with Crippen LogP contribution in [0.4, 0.5) is 0 Å². The van der Waals surface area contributed by atoms with Crippen molar-refractivity contribution in [3.8, 4) is 23.4 Å². The van der Waals surface area contributed by atoms with Gasteiger partial charge in [0.05, 0.1) is 24.1 Å². The molecule has 2 heterocycles. The molecule has 5 nitrogen and oxygen atoms in total. The van der Waals surface area contributed by atoms with E-state index in [1.807, 2.05) is 0 Å². The highest BCUT2D eigenvalue weighted by molar-refractivity contribution is 7.18. The Kier molecular flexibility index (Phi) is 4.02. The van der Waals surface area contributed by atoms with Gasteiger partial charge in [0, 0.05) is 10.9 Å². The summed E-state index contributed by atoms with van der Waals surface area (Å²) in [6, 6.07) is 7.22. The van der Waals surface area contributed by atoms with Crippen molar-refractivity contribution in [1.29, 1.82) is 5.26 Å².